The predicted octanol–water partition coefficient (Wildman–Crippen LogP) is 2.44. The molecule has 1 unspecified atom stereocenters. The Morgan fingerprint density at radius 1 is 1.29 bits per heavy atom. The van der Waals surface area contributed by atoms with Crippen LogP contribution >= 0.6 is 23.7 Å². The smallest absolute Gasteiger partial charge is 0.291 e. The first kappa shape index (κ1) is 20.9. The van der Waals surface area contributed by atoms with Crippen molar-refractivity contribution in [2.45, 2.75) is 19.4 Å². The first-order chi connectivity index (χ1) is 13.1. The van der Waals surface area contributed by atoms with Crippen molar-refractivity contribution in [3.05, 3.63) is 40.7 Å². The van der Waals surface area contributed by atoms with Crippen molar-refractivity contribution in [1.82, 2.24) is 15.1 Å². The molecule has 0 aromatic carbocycles. The number of hydrogen-bond donors (Lipinski definition) is 2. The summed E-state index contributed by atoms with van der Waals surface area (Å²) in [6.07, 6.45) is 2.49. The molecule has 0 bridgehead atoms. The zero-order valence-corrected chi connectivity index (χ0v) is 17.4. The lowest BCUT2D eigenvalue weighted by Gasteiger charge is -2.32. The van der Waals surface area contributed by atoms with Gasteiger partial charge in [0.1, 0.15) is 0 Å². The van der Waals surface area contributed by atoms with E-state index in [0.717, 1.165) is 51.3 Å². The molecule has 7 nitrogen and oxygen atoms in total. The highest BCUT2D eigenvalue weighted by atomic mass is 35.5. The van der Waals surface area contributed by atoms with Crippen LogP contribution < -0.4 is 10.6 Å². The summed E-state index contributed by atoms with van der Waals surface area (Å²) in [6, 6.07) is 5.59. The molecule has 2 fully saturated rings. The van der Waals surface area contributed by atoms with Crippen molar-refractivity contribution in [3.8, 4) is 0 Å². The number of nitrogens with zero attached hydrogens (tertiary/aromatic N) is 2. The second kappa shape index (κ2) is 9.09. The summed E-state index contributed by atoms with van der Waals surface area (Å²) < 4.78 is 5.11. The van der Waals surface area contributed by atoms with Gasteiger partial charge in [0.05, 0.1) is 16.1 Å². The van der Waals surface area contributed by atoms with Crippen LogP contribution in [0.3, 0.4) is 0 Å². The summed E-state index contributed by atoms with van der Waals surface area (Å²) in [5.74, 6) is 0.0150. The standard InChI is InChI=1S/C19H24N4O3S.ClH/c1-13-11-16(21-18(24)15-3-2-10-26-15)27-17(13)19(25)23-7-4-14(12-23)22-8-5-20-6-9-22;/h2-3,10-11,14,20H,4-9,12H2,1H3,(H,21,24);1H. The summed E-state index contributed by atoms with van der Waals surface area (Å²) >= 11 is 1.33. The number of halogens is 1. The van der Waals surface area contributed by atoms with Crippen molar-refractivity contribution in [3.63, 3.8) is 0 Å². The summed E-state index contributed by atoms with van der Waals surface area (Å²) in [5.41, 5.74) is 0.894. The average molecular weight is 425 g/mol. The van der Waals surface area contributed by atoms with Crippen molar-refractivity contribution in [2.75, 3.05) is 44.6 Å². The van der Waals surface area contributed by atoms with E-state index in [2.05, 4.69) is 15.5 Å². The molecule has 0 aliphatic carbocycles. The molecule has 28 heavy (non-hydrogen) atoms. The van der Waals surface area contributed by atoms with Gasteiger partial charge < -0.3 is 20.0 Å². The normalized spacial score (nSPS) is 20.0. The highest BCUT2D eigenvalue weighted by Gasteiger charge is 2.32. The molecule has 2 aliphatic rings. The van der Waals surface area contributed by atoms with E-state index in [0.29, 0.717) is 15.9 Å². The van der Waals surface area contributed by atoms with Crippen LogP contribution in [0.15, 0.2) is 28.9 Å². The van der Waals surface area contributed by atoms with Gasteiger partial charge in [-0.2, -0.15) is 0 Å². The molecular formula is C19H25ClN4O3S. The van der Waals surface area contributed by atoms with E-state index in [9.17, 15) is 9.59 Å². The lowest BCUT2D eigenvalue weighted by molar-refractivity contribution is 0.0777. The van der Waals surface area contributed by atoms with Crippen molar-refractivity contribution in [1.29, 1.82) is 0 Å². The molecule has 2 N–H and O–H groups in total. The fourth-order valence-electron chi connectivity index (χ4n) is 3.75. The Balaban J connectivity index is 0.00000225. The SMILES string of the molecule is Cc1cc(NC(=O)c2ccco2)sc1C(=O)N1CCC(N2CCNCC2)C1.Cl. The maximum absolute atomic E-state index is 13.0. The lowest BCUT2D eigenvalue weighted by atomic mass is 10.2. The molecule has 152 valence electrons. The fraction of sp³-hybridized carbons (Fsp3) is 0.474. The number of thiophene rings is 1. The van der Waals surface area contributed by atoms with Crippen LogP contribution in [0.4, 0.5) is 5.00 Å². The Morgan fingerprint density at radius 2 is 2.07 bits per heavy atom. The lowest BCUT2D eigenvalue weighted by Crippen LogP contribution is -2.49. The number of anilines is 1. The number of rotatable bonds is 4. The van der Waals surface area contributed by atoms with Gasteiger partial charge in [-0.3, -0.25) is 14.5 Å². The number of carbonyl (C=O) groups excluding carboxylic acids is 2. The number of hydrogen-bond acceptors (Lipinski definition) is 6. The fourth-order valence-corrected chi connectivity index (χ4v) is 4.79. The molecule has 1 atom stereocenters. The second-order valence-corrected chi connectivity index (χ2v) is 8.09. The Hall–Kier alpha value is -1.87. The highest BCUT2D eigenvalue weighted by molar-refractivity contribution is 7.18. The predicted molar refractivity (Wildman–Crippen MR) is 112 cm³/mol. The van der Waals surface area contributed by atoms with Gasteiger partial charge in [0.2, 0.25) is 0 Å². The summed E-state index contributed by atoms with van der Waals surface area (Å²) in [6.45, 7) is 7.63. The zero-order valence-electron chi connectivity index (χ0n) is 15.8. The van der Waals surface area contributed by atoms with Gasteiger partial charge in [0.25, 0.3) is 11.8 Å². The maximum atomic E-state index is 13.0. The van der Waals surface area contributed by atoms with Crippen LogP contribution in [0.25, 0.3) is 0 Å². The van der Waals surface area contributed by atoms with Gasteiger partial charge in [0.15, 0.2) is 5.76 Å². The van der Waals surface area contributed by atoms with Crippen LogP contribution in [0.2, 0.25) is 0 Å². The third-order valence-corrected chi connectivity index (χ3v) is 6.35. The van der Waals surface area contributed by atoms with E-state index in [1.807, 2.05) is 17.9 Å². The Labute approximate surface area is 174 Å². The molecule has 4 heterocycles. The van der Waals surface area contributed by atoms with E-state index >= 15 is 0 Å². The first-order valence-electron chi connectivity index (χ1n) is 9.31. The quantitative estimate of drug-likeness (QED) is 0.788. The van der Waals surface area contributed by atoms with Crippen LogP contribution in [0.5, 0.6) is 0 Å². The van der Waals surface area contributed by atoms with Crippen molar-refractivity contribution in [2.24, 2.45) is 0 Å². The average Bonchev–Trinajstić information content (AvgIpc) is 3.43. The molecule has 2 aliphatic heterocycles. The Morgan fingerprint density at radius 3 is 2.79 bits per heavy atom. The second-order valence-electron chi connectivity index (χ2n) is 7.03. The van der Waals surface area contributed by atoms with Crippen LogP contribution in [-0.2, 0) is 0 Å². The van der Waals surface area contributed by atoms with Gasteiger partial charge in [-0.25, -0.2) is 0 Å². The highest BCUT2D eigenvalue weighted by Crippen LogP contribution is 2.30. The third-order valence-electron chi connectivity index (χ3n) is 5.21. The minimum absolute atomic E-state index is 0. The summed E-state index contributed by atoms with van der Waals surface area (Å²) in [5, 5.41) is 6.85. The molecule has 0 radical (unpaired) electrons. The van der Waals surface area contributed by atoms with Crippen molar-refractivity contribution < 1.29 is 14.0 Å². The van der Waals surface area contributed by atoms with E-state index in [4.69, 9.17) is 4.42 Å². The minimum atomic E-state index is -0.305. The van der Waals surface area contributed by atoms with E-state index < -0.39 is 0 Å². The third kappa shape index (κ3) is 4.41. The van der Waals surface area contributed by atoms with Gasteiger partial charge in [0, 0.05) is 45.3 Å². The largest absolute Gasteiger partial charge is 0.459 e. The molecular weight excluding hydrogens is 400 g/mol. The number of furan rings is 1. The zero-order chi connectivity index (χ0) is 18.8. The van der Waals surface area contributed by atoms with E-state index in [1.165, 1.54) is 17.6 Å². The molecule has 4 rings (SSSR count). The van der Waals surface area contributed by atoms with Gasteiger partial charge in [-0.15, -0.1) is 23.7 Å². The van der Waals surface area contributed by atoms with E-state index in [1.54, 1.807) is 12.1 Å². The van der Waals surface area contributed by atoms with Gasteiger partial charge >= 0.3 is 0 Å². The molecule has 0 saturated carbocycles. The minimum Gasteiger partial charge on any atom is -0.459 e. The topological polar surface area (TPSA) is 77.8 Å². The van der Waals surface area contributed by atoms with Crippen LogP contribution in [0.1, 0.15) is 32.2 Å². The number of likely N-dealkylation sites (tertiary alicyclic amines) is 1. The molecule has 2 saturated heterocycles. The molecule has 2 amide bonds. The molecule has 2 aromatic heterocycles. The number of carbonyl (C=O) groups is 2. The van der Waals surface area contributed by atoms with Gasteiger partial charge in [-0.05, 0) is 37.1 Å². The number of amides is 2. The van der Waals surface area contributed by atoms with Crippen LogP contribution in [0, 0.1) is 6.92 Å². The number of piperazine rings is 1. The summed E-state index contributed by atoms with van der Waals surface area (Å²) in [4.78, 5) is 30.3. The number of aryl methyl sites for hydroxylation is 1. The molecule has 9 heteroatoms. The molecule has 2 aromatic rings. The number of nitrogens with one attached hydrogen (secondary N) is 2. The monoisotopic (exact) mass is 424 g/mol. The Kier molecular flexibility index (Phi) is 6.77. The van der Waals surface area contributed by atoms with Crippen molar-refractivity contribution >= 4 is 40.6 Å². The van der Waals surface area contributed by atoms with E-state index in [-0.39, 0.29) is 30.0 Å². The van der Waals surface area contributed by atoms with Gasteiger partial charge in [-0.1, -0.05) is 0 Å². The van der Waals surface area contributed by atoms with Crippen LogP contribution in [-0.4, -0.2) is 66.9 Å². The maximum Gasteiger partial charge on any atom is 0.291 e. The summed E-state index contributed by atoms with van der Waals surface area (Å²) in [7, 11) is 0. The first-order valence-corrected chi connectivity index (χ1v) is 10.1. The molecule has 0 spiro atoms. The Bertz CT molecular complexity index is 817.